The molecule has 0 aromatic heterocycles. The maximum atomic E-state index is 12.8. The Hall–Kier alpha value is -2.17. The summed E-state index contributed by atoms with van der Waals surface area (Å²) >= 11 is 0. The van der Waals surface area contributed by atoms with Crippen LogP contribution in [-0.4, -0.2) is 55.1 Å². The van der Waals surface area contributed by atoms with Gasteiger partial charge in [-0.3, -0.25) is 9.69 Å². The molecule has 5 rings (SSSR count). The zero-order valence-corrected chi connectivity index (χ0v) is 15.6. The highest BCUT2D eigenvalue weighted by atomic mass is 16.5. The van der Waals surface area contributed by atoms with E-state index in [0.717, 1.165) is 39.0 Å². The van der Waals surface area contributed by atoms with Gasteiger partial charge in [0.2, 0.25) is 5.91 Å². The summed E-state index contributed by atoms with van der Waals surface area (Å²) in [6.07, 6.45) is 1.91. The molecule has 2 saturated heterocycles. The van der Waals surface area contributed by atoms with E-state index < -0.39 is 0 Å². The van der Waals surface area contributed by atoms with Crippen LogP contribution < -0.4 is 0 Å². The predicted octanol–water partition coefficient (Wildman–Crippen LogP) is 3.33. The molecule has 0 N–H and O–H groups in total. The van der Waals surface area contributed by atoms with Crippen LogP contribution in [0.15, 0.2) is 48.5 Å². The van der Waals surface area contributed by atoms with Gasteiger partial charge in [-0.05, 0) is 48.2 Å². The minimum absolute atomic E-state index is 0.172. The predicted molar refractivity (Wildman–Crippen MR) is 105 cm³/mol. The first-order chi connectivity index (χ1) is 13.3. The molecule has 140 valence electrons. The molecule has 2 heterocycles. The summed E-state index contributed by atoms with van der Waals surface area (Å²) in [6, 6.07) is 17.9. The lowest BCUT2D eigenvalue weighted by atomic mass is 9.92. The molecule has 27 heavy (non-hydrogen) atoms. The van der Waals surface area contributed by atoms with Crippen molar-refractivity contribution < 1.29 is 9.53 Å². The third-order valence-electron chi connectivity index (χ3n) is 6.37. The first kappa shape index (κ1) is 17.0. The molecule has 1 amide bonds. The lowest BCUT2D eigenvalue weighted by molar-refractivity contribution is -0.141. The summed E-state index contributed by atoms with van der Waals surface area (Å²) in [5.41, 5.74) is 5.56. The minimum atomic E-state index is 0.172. The van der Waals surface area contributed by atoms with Crippen molar-refractivity contribution in [2.45, 2.75) is 18.9 Å². The van der Waals surface area contributed by atoms with Crippen molar-refractivity contribution in [2.24, 2.45) is 5.92 Å². The molecule has 4 nitrogen and oxygen atoms in total. The van der Waals surface area contributed by atoms with Crippen molar-refractivity contribution in [3.63, 3.8) is 0 Å². The zero-order valence-electron chi connectivity index (χ0n) is 15.6. The van der Waals surface area contributed by atoms with E-state index in [2.05, 4.69) is 53.4 Å². The van der Waals surface area contributed by atoms with Crippen molar-refractivity contribution in [1.82, 2.24) is 9.80 Å². The van der Waals surface area contributed by atoms with Gasteiger partial charge < -0.3 is 9.64 Å². The van der Waals surface area contributed by atoms with E-state index in [0.29, 0.717) is 25.2 Å². The van der Waals surface area contributed by atoms with Crippen LogP contribution in [0.2, 0.25) is 0 Å². The van der Waals surface area contributed by atoms with Gasteiger partial charge in [-0.2, -0.15) is 0 Å². The Morgan fingerprint density at radius 2 is 1.37 bits per heavy atom. The van der Waals surface area contributed by atoms with Gasteiger partial charge in [0.25, 0.3) is 0 Å². The number of carbonyl (C=O) groups excluding carboxylic acids is 1. The Bertz CT molecular complexity index is 790. The van der Waals surface area contributed by atoms with E-state index in [9.17, 15) is 4.79 Å². The first-order valence-corrected chi connectivity index (χ1v) is 10.1. The molecule has 0 saturated carbocycles. The second-order valence-electron chi connectivity index (χ2n) is 7.82. The first-order valence-electron chi connectivity index (χ1n) is 10.1. The molecular weight excluding hydrogens is 336 g/mol. The Kier molecular flexibility index (Phi) is 4.46. The van der Waals surface area contributed by atoms with E-state index in [1.54, 1.807) is 0 Å². The summed E-state index contributed by atoms with van der Waals surface area (Å²) < 4.78 is 5.39. The second-order valence-corrected chi connectivity index (χ2v) is 7.82. The Balaban J connectivity index is 1.33. The summed E-state index contributed by atoms with van der Waals surface area (Å²) in [5.74, 6) is 0.511. The molecule has 0 radical (unpaired) electrons. The molecule has 3 aliphatic rings. The van der Waals surface area contributed by atoms with Crippen LogP contribution in [0.1, 0.15) is 30.0 Å². The molecule has 1 aliphatic carbocycles. The third kappa shape index (κ3) is 2.97. The molecule has 0 unspecified atom stereocenters. The molecule has 2 aliphatic heterocycles. The van der Waals surface area contributed by atoms with E-state index in [1.807, 2.05) is 4.90 Å². The number of ether oxygens (including phenoxy) is 1. The van der Waals surface area contributed by atoms with Crippen molar-refractivity contribution in [1.29, 1.82) is 0 Å². The summed E-state index contributed by atoms with van der Waals surface area (Å²) in [4.78, 5) is 17.4. The number of nitrogens with zero attached hydrogens (tertiary/aromatic N) is 2. The number of hydrogen-bond donors (Lipinski definition) is 0. The van der Waals surface area contributed by atoms with E-state index >= 15 is 0 Å². The van der Waals surface area contributed by atoms with Crippen LogP contribution in [-0.2, 0) is 9.53 Å². The number of likely N-dealkylation sites (tertiary alicyclic amines) is 1. The normalized spacial score (nSPS) is 21.1. The van der Waals surface area contributed by atoms with E-state index in [4.69, 9.17) is 4.74 Å². The fraction of sp³-hybridized carbons (Fsp3) is 0.435. The molecule has 2 fully saturated rings. The lowest BCUT2D eigenvalue weighted by Crippen LogP contribution is -2.47. The van der Waals surface area contributed by atoms with Gasteiger partial charge >= 0.3 is 0 Å². The molecule has 2 aromatic carbocycles. The second kappa shape index (κ2) is 7.10. The topological polar surface area (TPSA) is 32.8 Å². The largest absolute Gasteiger partial charge is 0.378 e. The zero-order chi connectivity index (χ0) is 18.2. The smallest absolute Gasteiger partial charge is 0.225 e. The Morgan fingerprint density at radius 3 is 1.96 bits per heavy atom. The Labute approximate surface area is 160 Å². The van der Waals surface area contributed by atoms with Gasteiger partial charge in [-0.25, -0.2) is 0 Å². The van der Waals surface area contributed by atoms with Crippen LogP contribution in [0.25, 0.3) is 11.1 Å². The molecule has 0 bridgehead atoms. The van der Waals surface area contributed by atoms with Gasteiger partial charge in [-0.15, -0.1) is 0 Å². The van der Waals surface area contributed by atoms with Crippen LogP contribution in [0.5, 0.6) is 0 Å². The average Bonchev–Trinajstić information content (AvgIpc) is 3.08. The highest BCUT2D eigenvalue weighted by Crippen LogP contribution is 2.47. The van der Waals surface area contributed by atoms with Crippen LogP contribution in [0, 0.1) is 5.92 Å². The molecule has 2 aromatic rings. The number of hydrogen-bond acceptors (Lipinski definition) is 3. The minimum Gasteiger partial charge on any atom is -0.378 e. The quantitative estimate of drug-likeness (QED) is 0.822. The average molecular weight is 362 g/mol. The van der Waals surface area contributed by atoms with Gasteiger partial charge in [-0.1, -0.05) is 48.5 Å². The van der Waals surface area contributed by atoms with Gasteiger partial charge in [0.05, 0.1) is 19.3 Å². The Morgan fingerprint density at radius 1 is 0.815 bits per heavy atom. The van der Waals surface area contributed by atoms with Crippen molar-refractivity contribution in [3.8, 4) is 11.1 Å². The number of piperidine rings is 1. The summed E-state index contributed by atoms with van der Waals surface area (Å²) in [7, 11) is 0. The lowest BCUT2D eigenvalue weighted by Gasteiger charge is -2.38. The van der Waals surface area contributed by atoms with Crippen LogP contribution in [0.4, 0.5) is 0 Å². The number of amides is 1. The number of carbonyl (C=O) groups is 1. The number of morpholine rings is 1. The van der Waals surface area contributed by atoms with Gasteiger partial charge in [0, 0.05) is 19.0 Å². The fourth-order valence-corrected chi connectivity index (χ4v) is 4.97. The molecule has 4 heteroatoms. The van der Waals surface area contributed by atoms with Crippen LogP contribution in [0.3, 0.4) is 0 Å². The van der Waals surface area contributed by atoms with Crippen LogP contribution >= 0.6 is 0 Å². The van der Waals surface area contributed by atoms with Crippen molar-refractivity contribution in [2.75, 3.05) is 39.4 Å². The number of benzene rings is 2. The number of fused-ring (bicyclic) bond motifs is 3. The van der Waals surface area contributed by atoms with Crippen molar-refractivity contribution in [3.05, 3.63) is 59.7 Å². The number of rotatable bonds is 2. The van der Waals surface area contributed by atoms with Gasteiger partial charge in [0.1, 0.15) is 0 Å². The summed E-state index contributed by atoms with van der Waals surface area (Å²) in [5, 5.41) is 0. The molecule has 0 atom stereocenters. The monoisotopic (exact) mass is 362 g/mol. The van der Waals surface area contributed by atoms with Gasteiger partial charge in [0.15, 0.2) is 0 Å². The fourth-order valence-electron chi connectivity index (χ4n) is 4.97. The highest BCUT2D eigenvalue weighted by Gasteiger charge is 2.36. The molecule has 0 spiro atoms. The van der Waals surface area contributed by atoms with E-state index in [-0.39, 0.29) is 5.92 Å². The summed E-state index contributed by atoms with van der Waals surface area (Å²) in [6.45, 7) is 4.83. The standard InChI is InChI=1S/C23H26N2O2/c26-23(25-13-15-27-16-14-25)17-9-11-24(12-10-17)22-20-7-3-1-5-18(20)19-6-2-4-8-21(19)22/h1-8,17,22H,9-16H2. The third-order valence-corrected chi connectivity index (χ3v) is 6.37. The maximum Gasteiger partial charge on any atom is 0.225 e. The maximum absolute atomic E-state index is 12.8. The van der Waals surface area contributed by atoms with E-state index in [1.165, 1.54) is 22.3 Å². The highest BCUT2D eigenvalue weighted by molar-refractivity contribution is 5.80. The SMILES string of the molecule is O=C(C1CCN(C2c3ccccc3-c3ccccc32)CC1)N1CCOCC1. The molecular formula is C23H26N2O2. The van der Waals surface area contributed by atoms with Crippen molar-refractivity contribution >= 4 is 5.91 Å².